The van der Waals surface area contributed by atoms with Crippen molar-refractivity contribution in [2.24, 2.45) is 0 Å². The quantitative estimate of drug-likeness (QED) is 0.640. The van der Waals surface area contributed by atoms with Crippen molar-refractivity contribution in [1.82, 2.24) is 9.55 Å². The van der Waals surface area contributed by atoms with Crippen LogP contribution in [0.4, 0.5) is 0 Å². The predicted molar refractivity (Wildman–Crippen MR) is 70.3 cm³/mol. The zero-order valence-corrected chi connectivity index (χ0v) is 10.1. The van der Waals surface area contributed by atoms with Crippen molar-refractivity contribution in [3.8, 4) is 0 Å². The molecule has 16 heavy (non-hydrogen) atoms. The number of fused-ring (bicyclic) bond motifs is 1. The first-order valence-electron chi connectivity index (χ1n) is 4.72. The second-order valence-corrected chi connectivity index (χ2v) is 4.71. The summed E-state index contributed by atoms with van der Waals surface area (Å²) in [4.78, 5) is 26.3. The van der Waals surface area contributed by atoms with Gasteiger partial charge in [-0.1, -0.05) is 22.9 Å². The summed E-state index contributed by atoms with van der Waals surface area (Å²) in [7, 11) is 1.30. The van der Waals surface area contributed by atoms with E-state index in [-0.39, 0.29) is 11.2 Å². The molecule has 84 valence electrons. The van der Waals surface area contributed by atoms with Crippen molar-refractivity contribution in [3.05, 3.63) is 45.1 Å². The zero-order valence-electron chi connectivity index (χ0n) is 8.34. The van der Waals surface area contributed by atoms with Crippen molar-refractivity contribution in [2.75, 3.05) is 5.75 Å². The van der Waals surface area contributed by atoms with Crippen LogP contribution in [0.1, 0.15) is 0 Å². The fraction of sp³-hybridized carbons (Fsp3) is 0.200. The molecule has 1 N–H and O–H groups in total. The molecule has 0 amide bonds. The highest BCUT2D eigenvalue weighted by atomic mass is 33.1. The number of aromatic amines is 1. The molecule has 0 saturated carbocycles. The first kappa shape index (κ1) is 11.3. The molecular weight excluding hydrogens is 244 g/mol. The first-order valence-corrected chi connectivity index (χ1v) is 6.76. The van der Waals surface area contributed by atoms with Gasteiger partial charge in [0.15, 0.2) is 0 Å². The number of thiol groups is 1. The molecule has 4 nitrogen and oxygen atoms in total. The van der Waals surface area contributed by atoms with Gasteiger partial charge in [-0.3, -0.25) is 9.36 Å². The van der Waals surface area contributed by atoms with Crippen LogP contribution in [-0.2, 0) is 6.54 Å². The average Bonchev–Trinajstić information content (AvgIpc) is 2.29. The minimum atomic E-state index is -0.369. The van der Waals surface area contributed by atoms with Gasteiger partial charge in [0, 0.05) is 12.3 Å². The van der Waals surface area contributed by atoms with Gasteiger partial charge in [-0.15, -0.1) is 11.7 Å². The third kappa shape index (κ3) is 2.03. The Morgan fingerprint density at radius 2 is 2.06 bits per heavy atom. The normalized spacial score (nSPS) is 10.8. The molecule has 1 aromatic carbocycles. The SMILES string of the molecule is O=c1[nH]c2ccccc2c(=O)n1CCSS. The molecule has 1 heterocycles. The fourth-order valence-corrected chi connectivity index (χ4v) is 2.04. The van der Waals surface area contributed by atoms with Gasteiger partial charge in [-0.05, 0) is 12.1 Å². The maximum atomic E-state index is 12.0. The van der Waals surface area contributed by atoms with E-state index in [1.54, 1.807) is 24.3 Å². The summed E-state index contributed by atoms with van der Waals surface area (Å²) in [6.45, 7) is 0.368. The molecule has 0 aliphatic heterocycles. The zero-order chi connectivity index (χ0) is 11.5. The van der Waals surface area contributed by atoms with Gasteiger partial charge >= 0.3 is 5.69 Å². The Labute approximate surface area is 100 Å². The van der Waals surface area contributed by atoms with E-state index in [4.69, 9.17) is 0 Å². The van der Waals surface area contributed by atoms with Crippen molar-refractivity contribution in [3.63, 3.8) is 0 Å². The minimum Gasteiger partial charge on any atom is -0.307 e. The van der Waals surface area contributed by atoms with E-state index >= 15 is 0 Å². The van der Waals surface area contributed by atoms with E-state index in [0.29, 0.717) is 23.2 Å². The maximum Gasteiger partial charge on any atom is 0.328 e. The monoisotopic (exact) mass is 254 g/mol. The predicted octanol–water partition coefficient (Wildman–Crippen LogP) is 1.27. The number of hydrogen-bond donors (Lipinski definition) is 2. The van der Waals surface area contributed by atoms with Gasteiger partial charge in [-0.25, -0.2) is 4.79 Å². The van der Waals surface area contributed by atoms with Crippen LogP contribution in [0.25, 0.3) is 10.9 Å². The molecular formula is C10H10N2O2S2. The van der Waals surface area contributed by atoms with Crippen LogP contribution < -0.4 is 11.2 Å². The Hall–Kier alpha value is -1.14. The smallest absolute Gasteiger partial charge is 0.307 e. The summed E-state index contributed by atoms with van der Waals surface area (Å²) in [5, 5.41) is 0.534. The molecule has 0 aliphatic carbocycles. The van der Waals surface area contributed by atoms with Gasteiger partial charge in [-0.2, -0.15) is 0 Å². The van der Waals surface area contributed by atoms with Crippen molar-refractivity contribution >= 4 is 33.4 Å². The van der Waals surface area contributed by atoms with Crippen LogP contribution in [0.5, 0.6) is 0 Å². The third-order valence-electron chi connectivity index (χ3n) is 2.30. The summed E-state index contributed by atoms with van der Waals surface area (Å²) in [6, 6.07) is 6.99. The van der Waals surface area contributed by atoms with Gasteiger partial charge in [0.1, 0.15) is 0 Å². The molecule has 0 spiro atoms. The van der Waals surface area contributed by atoms with E-state index in [1.807, 2.05) is 0 Å². The van der Waals surface area contributed by atoms with Crippen LogP contribution >= 0.6 is 22.5 Å². The second-order valence-electron chi connectivity index (χ2n) is 3.27. The largest absolute Gasteiger partial charge is 0.328 e. The van der Waals surface area contributed by atoms with Crippen LogP contribution in [0.15, 0.2) is 33.9 Å². The number of hydrogen-bond acceptors (Lipinski definition) is 4. The Kier molecular flexibility index (Phi) is 3.40. The lowest BCUT2D eigenvalue weighted by atomic mass is 10.2. The molecule has 1 aromatic heterocycles. The number of nitrogens with zero attached hydrogens (tertiary/aromatic N) is 1. The van der Waals surface area contributed by atoms with Crippen LogP contribution in [0.3, 0.4) is 0 Å². The maximum absolute atomic E-state index is 12.0. The topological polar surface area (TPSA) is 54.9 Å². The summed E-state index contributed by atoms with van der Waals surface area (Å²) in [5.41, 5.74) is -0.0416. The summed E-state index contributed by atoms with van der Waals surface area (Å²) in [6.07, 6.45) is 0. The number of H-pyrrole nitrogens is 1. The van der Waals surface area contributed by atoms with Crippen molar-refractivity contribution < 1.29 is 0 Å². The van der Waals surface area contributed by atoms with Crippen molar-refractivity contribution in [2.45, 2.75) is 6.54 Å². The lowest BCUT2D eigenvalue weighted by Gasteiger charge is -2.04. The van der Waals surface area contributed by atoms with Crippen molar-refractivity contribution in [1.29, 1.82) is 0 Å². The van der Waals surface area contributed by atoms with Gasteiger partial charge in [0.05, 0.1) is 10.9 Å². The molecule has 0 aliphatic rings. The number of benzene rings is 1. The molecule has 0 radical (unpaired) electrons. The second kappa shape index (κ2) is 4.80. The van der Waals surface area contributed by atoms with Gasteiger partial charge in [0.2, 0.25) is 0 Å². The highest BCUT2D eigenvalue weighted by Gasteiger charge is 2.05. The summed E-state index contributed by atoms with van der Waals surface area (Å²) in [5.74, 6) is 0.616. The molecule has 0 saturated heterocycles. The Morgan fingerprint density at radius 3 is 2.81 bits per heavy atom. The third-order valence-corrected chi connectivity index (χ3v) is 3.21. The van der Waals surface area contributed by atoms with E-state index < -0.39 is 0 Å². The lowest BCUT2D eigenvalue weighted by Crippen LogP contribution is -2.35. The number of para-hydroxylation sites is 1. The molecule has 6 heteroatoms. The van der Waals surface area contributed by atoms with Gasteiger partial charge in [0.25, 0.3) is 5.56 Å². The Bertz CT molecular complexity index is 618. The average molecular weight is 254 g/mol. The van der Waals surface area contributed by atoms with E-state index in [9.17, 15) is 9.59 Å². The number of nitrogens with one attached hydrogen (secondary N) is 1. The molecule has 0 bridgehead atoms. The minimum absolute atomic E-state index is 0.248. The van der Waals surface area contributed by atoms with E-state index in [1.165, 1.54) is 15.4 Å². The van der Waals surface area contributed by atoms with Gasteiger partial charge < -0.3 is 4.98 Å². The molecule has 0 unspecified atom stereocenters. The number of aromatic nitrogens is 2. The summed E-state index contributed by atoms with van der Waals surface area (Å²) >= 11 is 3.98. The van der Waals surface area contributed by atoms with Crippen LogP contribution in [-0.4, -0.2) is 15.3 Å². The molecule has 0 fully saturated rings. The standard InChI is InChI=1S/C10H10N2O2S2/c13-9-7-3-1-2-4-8(7)11-10(14)12(9)5-6-16-15/h1-4,15H,5-6H2,(H,11,14). The van der Waals surface area contributed by atoms with Crippen LogP contribution in [0.2, 0.25) is 0 Å². The Balaban J connectivity index is 2.66. The lowest BCUT2D eigenvalue weighted by molar-refractivity contribution is 0.692. The Morgan fingerprint density at radius 1 is 1.31 bits per heavy atom. The number of rotatable bonds is 3. The molecule has 0 atom stereocenters. The summed E-state index contributed by atoms with van der Waals surface area (Å²) < 4.78 is 1.20. The fourth-order valence-electron chi connectivity index (χ4n) is 1.53. The highest BCUT2D eigenvalue weighted by Crippen LogP contribution is 2.05. The highest BCUT2D eigenvalue weighted by molar-refractivity contribution is 8.68. The molecule has 2 rings (SSSR count). The first-order chi connectivity index (χ1) is 7.74. The molecule has 2 aromatic rings. The van der Waals surface area contributed by atoms with E-state index in [0.717, 1.165) is 0 Å². The van der Waals surface area contributed by atoms with E-state index in [2.05, 4.69) is 16.6 Å². The van der Waals surface area contributed by atoms with Crippen LogP contribution in [0, 0.1) is 0 Å².